The molecule has 5 aromatic rings. The first-order valence-corrected chi connectivity index (χ1v) is 25.5. The van der Waals surface area contributed by atoms with Gasteiger partial charge in [-0.15, -0.1) is 0 Å². The number of H-pyrrole nitrogens is 2. The Kier molecular flexibility index (Phi) is 18.0. The minimum atomic E-state index is 0.0131. The van der Waals surface area contributed by atoms with Crippen LogP contribution in [0.15, 0.2) is 60.7 Å². The zero-order valence-corrected chi connectivity index (χ0v) is 39.7. The highest BCUT2D eigenvalue weighted by Gasteiger charge is 2.21. The molecule has 0 aliphatic carbocycles. The van der Waals surface area contributed by atoms with E-state index in [0.717, 1.165) is 60.7 Å². The van der Waals surface area contributed by atoms with Crippen LogP contribution in [-0.4, -0.2) is 40.4 Å². The van der Waals surface area contributed by atoms with Crippen molar-refractivity contribution in [3.05, 3.63) is 94.6 Å². The van der Waals surface area contributed by atoms with Gasteiger partial charge in [-0.3, -0.25) is 0 Å². The third-order valence-electron chi connectivity index (χ3n) is 13.3. The van der Waals surface area contributed by atoms with Gasteiger partial charge in [0.25, 0.3) is 0 Å². The Labute approximate surface area is 393 Å². The van der Waals surface area contributed by atoms with Crippen molar-refractivity contribution in [3.8, 4) is 45.3 Å². The van der Waals surface area contributed by atoms with Gasteiger partial charge in [-0.2, -0.15) is 0 Å². The summed E-state index contributed by atoms with van der Waals surface area (Å²) < 4.78 is 0. The van der Waals surface area contributed by atoms with E-state index < -0.39 is 0 Å². The summed E-state index contributed by atoms with van der Waals surface area (Å²) in [7, 11) is 0. The lowest BCUT2D eigenvalue weighted by atomic mass is 9.97. The van der Waals surface area contributed by atoms with Crippen molar-refractivity contribution in [1.29, 1.82) is 0 Å². The Morgan fingerprint density at radius 1 is 0.364 bits per heavy atom. The molecule has 8 nitrogen and oxygen atoms in total. The minimum Gasteiger partial charge on any atom is -0.507 e. The predicted molar refractivity (Wildman–Crippen MR) is 277 cm³/mol. The number of aryl methyl sites for hydroxylation is 2. The summed E-state index contributed by atoms with van der Waals surface area (Å²) in [6, 6.07) is 18.8. The third kappa shape index (κ3) is 13.2. The van der Waals surface area contributed by atoms with Crippen molar-refractivity contribution in [3.63, 3.8) is 0 Å². The summed E-state index contributed by atoms with van der Waals surface area (Å²) in [5.74, 6) is 0.0525. The van der Waals surface area contributed by atoms with E-state index in [1.54, 1.807) is 24.3 Å². The van der Waals surface area contributed by atoms with E-state index in [0.29, 0.717) is 56.1 Å². The van der Waals surface area contributed by atoms with Gasteiger partial charge in [-0.25, -0.2) is 9.97 Å². The molecular weight excluding hydrogens is 817 g/mol. The summed E-state index contributed by atoms with van der Waals surface area (Å²) in [5.41, 5.74) is 9.14. The first kappa shape index (κ1) is 48.2. The van der Waals surface area contributed by atoms with Gasteiger partial charge in [-0.1, -0.05) is 142 Å². The van der Waals surface area contributed by atoms with E-state index in [4.69, 9.17) is 9.97 Å². The second-order valence-electron chi connectivity index (χ2n) is 18.8. The summed E-state index contributed by atoms with van der Waals surface area (Å²) in [6.07, 6.45) is 37.1. The zero-order chi connectivity index (χ0) is 46.1. The standard InChI is InChI=1S/C58H74N4O4/c1-3-5-7-9-11-13-15-17-19-21-23-25-41-35-51(63)57(52(64)36-41)55-47-31-27-43(59-47)39-45-29-33-49(61-45)56(50-34-30-46(62-50)40-44-28-32-48(55)60-44)58-53(65)37-42(38-54(58)66)26-24-22-20-18-16-14-12-10-8-6-4-2/h27-40,59,62-66H,3-26H2,1-2H3. The summed E-state index contributed by atoms with van der Waals surface area (Å²) >= 11 is 0. The van der Waals surface area contributed by atoms with Crippen LogP contribution in [0.3, 0.4) is 0 Å². The molecule has 2 aromatic carbocycles. The highest BCUT2D eigenvalue weighted by atomic mass is 16.3. The number of fused-ring (bicyclic) bond motifs is 8. The van der Waals surface area contributed by atoms with Crippen LogP contribution in [-0.2, 0) is 12.8 Å². The SMILES string of the molecule is CCCCCCCCCCCCCc1cc(O)c(-c2c3nc(cc4ccc([nH]4)c(-c4c(O)cc(CCCCCCCCCCCCC)cc4O)c4nc(cc5ccc2[nH]5)C=C4)C=C3)c(O)c1. The molecule has 0 spiro atoms. The van der Waals surface area contributed by atoms with Crippen molar-refractivity contribution in [1.82, 2.24) is 19.9 Å². The molecule has 0 atom stereocenters. The Morgan fingerprint density at radius 2 is 0.682 bits per heavy atom. The van der Waals surface area contributed by atoms with Gasteiger partial charge in [0.15, 0.2) is 0 Å². The lowest BCUT2D eigenvalue weighted by Crippen LogP contribution is -1.92. The number of nitrogens with zero attached hydrogens (tertiary/aromatic N) is 2. The molecule has 8 bridgehead atoms. The third-order valence-corrected chi connectivity index (χ3v) is 13.3. The van der Waals surface area contributed by atoms with Crippen LogP contribution in [0.1, 0.15) is 189 Å². The molecule has 350 valence electrons. The van der Waals surface area contributed by atoms with Crippen molar-refractivity contribution < 1.29 is 20.4 Å². The first-order chi connectivity index (χ1) is 32.3. The van der Waals surface area contributed by atoms with Crippen LogP contribution in [0.4, 0.5) is 0 Å². The average Bonchev–Trinajstić information content (AvgIpc) is 4.14. The number of benzene rings is 2. The van der Waals surface area contributed by atoms with E-state index in [9.17, 15) is 20.4 Å². The first-order valence-electron chi connectivity index (χ1n) is 25.5. The second-order valence-corrected chi connectivity index (χ2v) is 18.8. The maximum Gasteiger partial charge on any atom is 0.127 e. The molecule has 5 heterocycles. The molecule has 0 radical (unpaired) electrons. The molecule has 2 aliphatic heterocycles. The van der Waals surface area contributed by atoms with Crippen molar-refractivity contribution in [2.75, 3.05) is 0 Å². The fraction of sp³-hybridized carbons (Fsp3) is 0.448. The van der Waals surface area contributed by atoms with Gasteiger partial charge in [-0.05, 0) is 122 Å². The van der Waals surface area contributed by atoms with E-state index >= 15 is 0 Å². The number of hydrogen-bond donors (Lipinski definition) is 6. The van der Waals surface area contributed by atoms with Crippen molar-refractivity contribution in [2.24, 2.45) is 0 Å². The molecule has 2 aliphatic rings. The number of nitrogens with one attached hydrogen (secondary N) is 2. The summed E-state index contributed by atoms with van der Waals surface area (Å²) in [6.45, 7) is 4.52. The predicted octanol–water partition coefficient (Wildman–Crippen LogP) is 16.5. The van der Waals surface area contributed by atoms with Gasteiger partial charge in [0.2, 0.25) is 0 Å². The second kappa shape index (κ2) is 24.7. The average molecular weight is 891 g/mol. The molecule has 0 unspecified atom stereocenters. The van der Waals surface area contributed by atoms with E-state index in [1.807, 2.05) is 60.7 Å². The van der Waals surface area contributed by atoms with Crippen LogP contribution < -0.4 is 0 Å². The normalized spacial score (nSPS) is 12.2. The monoisotopic (exact) mass is 891 g/mol. The number of aromatic hydroxyl groups is 4. The lowest BCUT2D eigenvalue weighted by molar-refractivity contribution is 0.451. The Hall–Kier alpha value is -5.76. The largest absolute Gasteiger partial charge is 0.507 e. The van der Waals surface area contributed by atoms with E-state index in [2.05, 4.69) is 23.8 Å². The molecule has 0 saturated carbocycles. The molecule has 0 fully saturated rings. The fourth-order valence-corrected chi connectivity index (χ4v) is 9.72. The van der Waals surface area contributed by atoms with Gasteiger partial charge in [0.05, 0.1) is 33.9 Å². The van der Waals surface area contributed by atoms with Crippen LogP contribution in [0, 0.1) is 0 Å². The van der Waals surface area contributed by atoms with E-state index in [1.165, 1.54) is 116 Å². The van der Waals surface area contributed by atoms with Crippen LogP contribution in [0.2, 0.25) is 0 Å². The number of hydrogen-bond acceptors (Lipinski definition) is 6. The molecule has 7 rings (SSSR count). The maximum atomic E-state index is 11.6. The van der Waals surface area contributed by atoms with Crippen LogP contribution >= 0.6 is 0 Å². The number of phenols is 4. The fourth-order valence-electron chi connectivity index (χ4n) is 9.72. The van der Waals surface area contributed by atoms with Gasteiger partial charge in [0.1, 0.15) is 23.0 Å². The molecule has 3 aromatic heterocycles. The van der Waals surface area contributed by atoms with Gasteiger partial charge in [0, 0.05) is 33.2 Å². The van der Waals surface area contributed by atoms with Crippen molar-refractivity contribution in [2.45, 2.75) is 168 Å². The summed E-state index contributed by atoms with van der Waals surface area (Å²) in [5, 5.41) is 46.4. The summed E-state index contributed by atoms with van der Waals surface area (Å²) in [4.78, 5) is 17.0. The van der Waals surface area contributed by atoms with Crippen LogP contribution in [0.25, 0.3) is 68.6 Å². The Bertz CT molecular complexity index is 2370. The van der Waals surface area contributed by atoms with E-state index in [-0.39, 0.29) is 23.0 Å². The molecule has 8 heteroatoms. The highest BCUT2D eigenvalue weighted by molar-refractivity contribution is 5.97. The smallest absolute Gasteiger partial charge is 0.127 e. The number of aromatic nitrogens is 4. The Balaban J connectivity index is 1.11. The zero-order valence-electron chi connectivity index (χ0n) is 39.7. The lowest BCUT2D eigenvalue weighted by Gasteiger charge is -2.12. The van der Waals surface area contributed by atoms with Gasteiger partial charge < -0.3 is 30.4 Å². The number of unbranched alkanes of at least 4 members (excludes halogenated alkanes) is 20. The van der Waals surface area contributed by atoms with Gasteiger partial charge >= 0.3 is 0 Å². The molecule has 66 heavy (non-hydrogen) atoms. The number of aromatic amines is 2. The topological polar surface area (TPSA) is 138 Å². The molecule has 6 N–H and O–H groups in total. The molecule has 0 amide bonds. The maximum absolute atomic E-state index is 11.6. The Morgan fingerprint density at radius 3 is 1.02 bits per heavy atom. The molecular formula is C58H74N4O4. The molecule has 0 saturated heterocycles. The minimum absolute atomic E-state index is 0.0131. The quantitative estimate of drug-likeness (QED) is 0.0299. The van der Waals surface area contributed by atoms with Crippen LogP contribution in [0.5, 0.6) is 23.0 Å². The highest BCUT2D eigenvalue weighted by Crippen LogP contribution is 2.44. The number of phenolic OH excluding ortho intramolecular Hbond substituents is 4. The van der Waals surface area contributed by atoms with Crippen molar-refractivity contribution >= 4 is 46.4 Å². The number of rotatable bonds is 26.